The summed E-state index contributed by atoms with van der Waals surface area (Å²) in [5.74, 6) is 4.70. The van der Waals surface area contributed by atoms with Gasteiger partial charge in [0.1, 0.15) is 34.5 Å². The van der Waals surface area contributed by atoms with Crippen molar-refractivity contribution in [1.29, 1.82) is 0 Å². The van der Waals surface area contributed by atoms with E-state index in [0.29, 0.717) is 0 Å². The van der Waals surface area contributed by atoms with Crippen LogP contribution in [0.3, 0.4) is 0 Å². The Balaban J connectivity index is 1.61. The smallest absolute Gasteiger partial charge is 0.119 e. The van der Waals surface area contributed by atoms with E-state index in [1.807, 2.05) is 72.8 Å². The third-order valence-corrected chi connectivity index (χ3v) is 16.2. The van der Waals surface area contributed by atoms with Crippen molar-refractivity contribution in [3.05, 3.63) is 146 Å². The van der Waals surface area contributed by atoms with Crippen molar-refractivity contribution in [1.82, 2.24) is 0 Å². The molecule has 306 valence electrons. The summed E-state index contributed by atoms with van der Waals surface area (Å²) in [6, 6.07) is 49.4. The lowest BCUT2D eigenvalue weighted by atomic mass is 10.3. The predicted molar refractivity (Wildman–Crippen MR) is 249 cm³/mol. The van der Waals surface area contributed by atoms with Gasteiger partial charge in [0.05, 0.1) is 42.7 Å². The van der Waals surface area contributed by atoms with Gasteiger partial charge in [0.2, 0.25) is 0 Å². The molecule has 0 bridgehead atoms. The monoisotopic (exact) mass is 906 g/mol. The Morgan fingerprint density at radius 2 is 0.383 bits per heavy atom. The van der Waals surface area contributed by atoms with E-state index in [9.17, 15) is 0 Å². The standard InChI is InChI=1S/C48H42O6S6/c1-49-31-13-7-19-37(25-31)55-43-44(56-38-20-8-14-32(26-38)50-2)46(58-40-22-10-16-34(28-40)52-4)48(60-42-24-12-18-36(30-42)54-6)47(59-41-23-11-17-35(29-41)53-5)45(43)57-39-21-9-15-33(27-39)51-3/h7-30H,1-6H3. The lowest BCUT2D eigenvalue weighted by Gasteiger charge is -2.26. The molecule has 0 saturated heterocycles. The topological polar surface area (TPSA) is 55.4 Å². The highest BCUT2D eigenvalue weighted by atomic mass is 32.2. The van der Waals surface area contributed by atoms with Crippen LogP contribution in [0.4, 0.5) is 0 Å². The van der Waals surface area contributed by atoms with Crippen LogP contribution in [0.5, 0.6) is 34.5 Å². The molecule has 0 heterocycles. The molecule has 7 aromatic rings. The summed E-state index contributed by atoms with van der Waals surface area (Å²) in [4.78, 5) is 12.8. The summed E-state index contributed by atoms with van der Waals surface area (Å²) >= 11 is 10.4. The van der Waals surface area contributed by atoms with Crippen molar-refractivity contribution >= 4 is 70.6 Å². The molecule has 12 heteroatoms. The minimum absolute atomic E-state index is 0.783. The van der Waals surface area contributed by atoms with Crippen LogP contribution in [0, 0.1) is 0 Å². The molecule has 0 atom stereocenters. The zero-order valence-electron chi connectivity index (χ0n) is 33.8. The van der Waals surface area contributed by atoms with Gasteiger partial charge in [-0.15, -0.1) is 0 Å². The van der Waals surface area contributed by atoms with Crippen LogP contribution >= 0.6 is 70.6 Å². The highest BCUT2D eigenvalue weighted by molar-refractivity contribution is 8.07. The molecule has 60 heavy (non-hydrogen) atoms. The average Bonchev–Trinajstić information content (AvgIpc) is 3.30. The number of hydrogen-bond acceptors (Lipinski definition) is 12. The Bertz CT molecular complexity index is 2090. The van der Waals surface area contributed by atoms with E-state index in [0.717, 1.165) is 93.2 Å². The van der Waals surface area contributed by atoms with Crippen molar-refractivity contribution in [2.45, 2.75) is 58.7 Å². The van der Waals surface area contributed by atoms with E-state index in [1.54, 1.807) is 113 Å². The van der Waals surface area contributed by atoms with Crippen LogP contribution in [0.15, 0.2) is 204 Å². The van der Waals surface area contributed by atoms with E-state index >= 15 is 0 Å². The molecule has 0 amide bonds. The first-order chi connectivity index (χ1) is 29.4. The van der Waals surface area contributed by atoms with Gasteiger partial charge in [-0.05, 0) is 109 Å². The average molecular weight is 907 g/mol. The third kappa shape index (κ3) is 11.0. The summed E-state index contributed by atoms with van der Waals surface area (Å²) in [6.07, 6.45) is 0. The molecule has 6 nitrogen and oxygen atoms in total. The Morgan fingerprint density at radius 1 is 0.233 bits per heavy atom. The summed E-state index contributed by atoms with van der Waals surface area (Å²) in [5, 5.41) is 0. The van der Waals surface area contributed by atoms with E-state index in [2.05, 4.69) is 72.8 Å². The first-order valence-corrected chi connectivity index (χ1v) is 23.5. The Kier molecular flexibility index (Phi) is 15.5. The predicted octanol–water partition coefficient (Wildman–Crippen LogP) is 14.6. The SMILES string of the molecule is COc1cccc(Sc2c(Sc3cccc(OC)c3)c(Sc3cccc(OC)c3)c(Sc3cccc(OC)c3)c(Sc3cccc(OC)c3)c2Sc2cccc(OC)c2)c1. The zero-order chi connectivity index (χ0) is 41.8. The first-order valence-electron chi connectivity index (χ1n) is 18.6. The molecule has 0 aliphatic heterocycles. The molecule has 0 fully saturated rings. The van der Waals surface area contributed by atoms with Crippen LogP contribution in [0.2, 0.25) is 0 Å². The van der Waals surface area contributed by atoms with Gasteiger partial charge in [-0.1, -0.05) is 107 Å². The molecule has 0 aliphatic carbocycles. The number of ether oxygens (including phenoxy) is 6. The molecule has 0 saturated carbocycles. The van der Waals surface area contributed by atoms with Gasteiger partial charge < -0.3 is 28.4 Å². The lowest BCUT2D eigenvalue weighted by molar-refractivity contribution is 0.413. The fourth-order valence-corrected chi connectivity index (χ4v) is 13.4. The van der Waals surface area contributed by atoms with Gasteiger partial charge in [0.25, 0.3) is 0 Å². The van der Waals surface area contributed by atoms with Gasteiger partial charge in [-0.2, -0.15) is 0 Å². The van der Waals surface area contributed by atoms with Crippen LogP contribution in [-0.2, 0) is 0 Å². The molecular weight excluding hydrogens is 865 g/mol. The summed E-state index contributed by atoms with van der Waals surface area (Å²) in [5.41, 5.74) is 0. The van der Waals surface area contributed by atoms with Gasteiger partial charge in [-0.25, -0.2) is 0 Å². The number of benzene rings is 7. The Labute approximate surface area is 377 Å². The van der Waals surface area contributed by atoms with Gasteiger partial charge in [0.15, 0.2) is 0 Å². The molecule has 0 N–H and O–H groups in total. The van der Waals surface area contributed by atoms with Crippen molar-refractivity contribution in [3.8, 4) is 34.5 Å². The molecule has 0 spiro atoms. The van der Waals surface area contributed by atoms with Crippen LogP contribution in [-0.4, -0.2) is 42.7 Å². The maximum Gasteiger partial charge on any atom is 0.119 e. The minimum atomic E-state index is 0.783. The molecule has 0 aliphatic rings. The summed E-state index contributed by atoms with van der Waals surface area (Å²) in [6.45, 7) is 0. The molecular formula is C48H42O6S6. The highest BCUT2D eigenvalue weighted by Crippen LogP contribution is 2.60. The zero-order valence-corrected chi connectivity index (χ0v) is 38.7. The largest absolute Gasteiger partial charge is 0.497 e. The molecule has 7 aromatic carbocycles. The molecule has 0 unspecified atom stereocenters. The first kappa shape index (κ1) is 43.5. The highest BCUT2D eigenvalue weighted by Gasteiger charge is 2.29. The van der Waals surface area contributed by atoms with E-state index in [1.165, 1.54) is 0 Å². The normalized spacial score (nSPS) is 10.9. The van der Waals surface area contributed by atoms with Crippen LogP contribution < -0.4 is 28.4 Å². The fourth-order valence-electron chi connectivity index (χ4n) is 5.87. The second kappa shape index (κ2) is 21.3. The maximum absolute atomic E-state index is 5.75. The minimum Gasteiger partial charge on any atom is -0.497 e. The van der Waals surface area contributed by atoms with E-state index in [-0.39, 0.29) is 0 Å². The van der Waals surface area contributed by atoms with Gasteiger partial charge in [0, 0.05) is 58.7 Å². The van der Waals surface area contributed by atoms with E-state index in [4.69, 9.17) is 28.4 Å². The van der Waals surface area contributed by atoms with Crippen molar-refractivity contribution in [3.63, 3.8) is 0 Å². The lowest BCUT2D eigenvalue weighted by Crippen LogP contribution is -1.98. The second-order valence-electron chi connectivity index (χ2n) is 12.7. The second-order valence-corrected chi connectivity index (χ2v) is 19.2. The Hall–Kier alpha value is -4.56. The van der Waals surface area contributed by atoms with Gasteiger partial charge >= 0.3 is 0 Å². The van der Waals surface area contributed by atoms with Gasteiger partial charge in [-0.3, -0.25) is 0 Å². The van der Waals surface area contributed by atoms with Crippen molar-refractivity contribution in [2.75, 3.05) is 42.7 Å². The molecule has 0 radical (unpaired) electrons. The fraction of sp³-hybridized carbons (Fsp3) is 0.125. The summed E-state index contributed by atoms with van der Waals surface area (Å²) in [7, 11) is 10.2. The number of hydrogen-bond donors (Lipinski definition) is 0. The summed E-state index contributed by atoms with van der Waals surface area (Å²) < 4.78 is 34.5. The quantitative estimate of drug-likeness (QED) is 0.0824. The van der Waals surface area contributed by atoms with Crippen molar-refractivity contribution in [2.24, 2.45) is 0 Å². The molecule has 7 rings (SSSR count). The third-order valence-electron chi connectivity index (χ3n) is 8.80. The van der Waals surface area contributed by atoms with Crippen LogP contribution in [0.25, 0.3) is 0 Å². The number of rotatable bonds is 18. The number of methoxy groups -OCH3 is 6. The van der Waals surface area contributed by atoms with Crippen LogP contribution in [0.1, 0.15) is 0 Å². The molecule has 0 aromatic heterocycles. The Morgan fingerprint density at radius 3 is 0.517 bits per heavy atom. The maximum atomic E-state index is 5.75. The van der Waals surface area contributed by atoms with Crippen molar-refractivity contribution < 1.29 is 28.4 Å². The van der Waals surface area contributed by atoms with E-state index < -0.39 is 0 Å².